The van der Waals surface area contributed by atoms with Gasteiger partial charge in [0.1, 0.15) is 0 Å². The van der Waals surface area contributed by atoms with Gasteiger partial charge in [0.2, 0.25) is 0 Å². The summed E-state index contributed by atoms with van der Waals surface area (Å²) in [6.07, 6.45) is 4.39. The summed E-state index contributed by atoms with van der Waals surface area (Å²) in [7, 11) is 0. The summed E-state index contributed by atoms with van der Waals surface area (Å²) < 4.78 is 0. The Morgan fingerprint density at radius 1 is 1.36 bits per heavy atom. The summed E-state index contributed by atoms with van der Waals surface area (Å²) in [5.74, 6) is 2.78. The molecule has 0 aliphatic heterocycles. The first-order valence-corrected chi connectivity index (χ1v) is 4.86. The van der Waals surface area contributed by atoms with Crippen molar-refractivity contribution >= 4 is 0 Å². The second-order valence-electron chi connectivity index (χ2n) is 4.93. The minimum absolute atomic E-state index is 0.553. The third-order valence-corrected chi connectivity index (χ3v) is 4.30. The number of nitrogens with two attached hydrogens (primary N) is 1. The van der Waals surface area contributed by atoms with Crippen molar-refractivity contribution in [1.82, 2.24) is 0 Å². The van der Waals surface area contributed by atoms with E-state index in [2.05, 4.69) is 13.8 Å². The third-order valence-electron chi connectivity index (χ3n) is 4.30. The maximum Gasteiger partial charge on any atom is -0.00410 e. The minimum atomic E-state index is 0.553. The number of fused-ring (bicyclic) bond motifs is 2. The molecule has 0 aromatic heterocycles. The van der Waals surface area contributed by atoms with Crippen LogP contribution in [0.5, 0.6) is 0 Å². The van der Waals surface area contributed by atoms with E-state index >= 15 is 0 Å². The molecule has 2 aliphatic carbocycles. The standard InChI is InChI=1S/C10H19N/c1-10(2)8-4-3-7(5-8)9(10)6-11/h7-9H,3-6,11H2,1-2H3/t7?,8?,9-/m1/s1. The Kier molecular flexibility index (Phi) is 1.54. The number of hydrogen-bond acceptors (Lipinski definition) is 1. The fourth-order valence-electron chi connectivity index (χ4n) is 3.46. The van der Waals surface area contributed by atoms with Crippen LogP contribution in [-0.4, -0.2) is 6.54 Å². The first-order chi connectivity index (χ1) is 5.16. The van der Waals surface area contributed by atoms with Gasteiger partial charge in [0.15, 0.2) is 0 Å². The molecule has 2 saturated carbocycles. The molecule has 1 heteroatoms. The summed E-state index contributed by atoms with van der Waals surface area (Å²) >= 11 is 0. The van der Waals surface area contributed by atoms with Crippen molar-refractivity contribution in [3.8, 4) is 0 Å². The summed E-state index contributed by atoms with van der Waals surface area (Å²) in [6, 6.07) is 0. The Morgan fingerprint density at radius 3 is 2.45 bits per heavy atom. The van der Waals surface area contributed by atoms with Gasteiger partial charge in [-0.1, -0.05) is 13.8 Å². The van der Waals surface area contributed by atoms with E-state index in [0.717, 1.165) is 24.3 Å². The zero-order valence-corrected chi connectivity index (χ0v) is 7.64. The average molecular weight is 153 g/mol. The van der Waals surface area contributed by atoms with Crippen molar-refractivity contribution in [2.24, 2.45) is 28.9 Å². The lowest BCUT2D eigenvalue weighted by Gasteiger charge is -2.37. The Morgan fingerprint density at radius 2 is 2.09 bits per heavy atom. The van der Waals surface area contributed by atoms with Gasteiger partial charge in [0, 0.05) is 0 Å². The highest BCUT2D eigenvalue weighted by molar-refractivity contribution is 5.01. The summed E-state index contributed by atoms with van der Waals surface area (Å²) in [5.41, 5.74) is 6.35. The molecule has 0 radical (unpaired) electrons. The molecular weight excluding hydrogens is 134 g/mol. The van der Waals surface area contributed by atoms with Crippen LogP contribution in [0.3, 0.4) is 0 Å². The normalized spacial score (nSPS) is 46.6. The van der Waals surface area contributed by atoms with Gasteiger partial charge >= 0.3 is 0 Å². The molecule has 0 aromatic rings. The van der Waals surface area contributed by atoms with Crippen LogP contribution in [0.4, 0.5) is 0 Å². The molecule has 2 rings (SSSR count). The Balaban J connectivity index is 2.21. The molecule has 2 bridgehead atoms. The Bertz CT molecular complexity index is 162. The molecule has 0 saturated heterocycles. The highest BCUT2D eigenvalue weighted by Crippen LogP contribution is 2.58. The number of hydrogen-bond donors (Lipinski definition) is 1. The van der Waals surface area contributed by atoms with Gasteiger partial charge in [-0.25, -0.2) is 0 Å². The van der Waals surface area contributed by atoms with Gasteiger partial charge in [0.05, 0.1) is 0 Å². The van der Waals surface area contributed by atoms with E-state index in [0.29, 0.717) is 5.41 Å². The highest BCUT2D eigenvalue weighted by Gasteiger charge is 2.51. The molecule has 0 heterocycles. The fourth-order valence-corrected chi connectivity index (χ4v) is 3.46. The van der Waals surface area contributed by atoms with Gasteiger partial charge in [-0.15, -0.1) is 0 Å². The van der Waals surface area contributed by atoms with Crippen LogP contribution in [-0.2, 0) is 0 Å². The van der Waals surface area contributed by atoms with Gasteiger partial charge in [-0.05, 0) is 49.0 Å². The molecule has 0 aromatic carbocycles. The van der Waals surface area contributed by atoms with E-state index in [9.17, 15) is 0 Å². The highest BCUT2D eigenvalue weighted by atomic mass is 14.7. The van der Waals surface area contributed by atoms with E-state index in [1.54, 1.807) is 0 Å². The first kappa shape index (κ1) is 7.60. The quantitative estimate of drug-likeness (QED) is 0.612. The molecule has 0 spiro atoms. The zero-order valence-electron chi connectivity index (χ0n) is 7.64. The van der Waals surface area contributed by atoms with Crippen molar-refractivity contribution in [2.75, 3.05) is 6.54 Å². The molecule has 2 fully saturated rings. The summed E-state index contributed by atoms with van der Waals surface area (Å²) in [4.78, 5) is 0. The van der Waals surface area contributed by atoms with E-state index < -0.39 is 0 Å². The summed E-state index contributed by atoms with van der Waals surface area (Å²) in [6.45, 7) is 5.73. The molecule has 64 valence electrons. The Hall–Kier alpha value is -0.0400. The Labute approximate surface area is 69.4 Å². The molecule has 0 amide bonds. The van der Waals surface area contributed by atoms with Crippen molar-refractivity contribution < 1.29 is 0 Å². The molecule has 2 N–H and O–H groups in total. The first-order valence-electron chi connectivity index (χ1n) is 4.86. The van der Waals surface area contributed by atoms with Gasteiger partial charge < -0.3 is 5.73 Å². The number of rotatable bonds is 1. The SMILES string of the molecule is CC1(C)C2CCC(C2)[C@H]1CN. The predicted molar refractivity (Wildman–Crippen MR) is 47.2 cm³/mol. The van der Waals surface area contributed by atoms with Crippen LogP contribution in [0.1, 0.15) is 33.1 Å². The zero-order chi connectivity index (χ0) is 8.06. The predicted octanol–water partition coefficient (Wildman–Crippen LogP) is 2.02. The van der Waals surface area contributed by atoms with E-state index in [4.69, 9.17) is 5.73 Å². The second-order valence-corrected chi connectivity index (χ2v) is 4.93. The lowest BCUT2D eigenvalue weighted by molar-refractivity contribution is 0.129. The topological polar surface area (TPSA) is 26.0 Å². The van der Waals surface area contributed by atoms with Gasteiger partial charge in [-0.3, -0.25) is 0 Å². The van der Waals surface area contributed by atoms with Crippen LogP contribution >= 0.6 is 0 Å². The van der Waals surface area contributed by atoms with Crippen LogP contribution in [0.25, 0.3) is 0 Å². The van der Waals surface area contributed by atoms with Crippen LogP contribution in [0.15, 0.2) is 0 Å². The molecular formula is C10H19N. The van der Waals surface area contributed by atoms with Crippen molar-refractivity contribution in [3.63, 3.8) is 0 Å². The molecule has 2 aliphatic rings. The molecule has 11 heavy (non-hydrogen) atoms. The van der Waals surface area contributed by atoms with E-state index in [-0.39, 0.29) is 0 Å². The average Bonchev–Trinajstić information content (AvgIpc) is 2.44. The molecule has 3 atom stereocenters. The van der Waals surface area contributed by atoms with Gasteiger partial charge in [0.25, 0.3) is 0 Å². The van der Waals surface area contributed by atoms with E-state index in [1.807, 2.05) is 0 Å². The van der Waals surface area contributed by atoms with E-state index in [1.165, 1.54) is 19.3 Å². The minimum Gasteiger partial charge on any atom is -0.330 e. The molecule has 2 unspecified atom stereocenters. The summed E-state index contributed by atoms with van der Waals surface area (Å²) in [5, 5.41) is 0. The second kappa shape index (κ2) is 2.22. The van der Waals surface area contributed by atoms with Crippen LogP contribution < -0.4 is 5.73 Å². The van der Waals surface area contributed by atoms with Crippen molar-refractivity contribution in [2.45, 2.75) is 33.1 Å². The fraction of sp³-hybridized carbons (Fsp3) is 1.00. The smallest absolute Gasteiger partial charge is 0.00410 e. The third kappa shape index (κ3) is 0.868. The van der Waals surface area contributed by atoms with Crippen molar-refractivity contribution in [1.29, 1.82) is 0 Å². The lowest BCUT2D eigenvalue weighted by Crippen LogP contribution is -2.35. The maximum atomic E-state index is 5.80. The monoisotopic (exact) mass is 153 g/mol. The van der Waals surface area contributed by atoms with Crippen LogP contribution in [0, 0.1) is 23.2 Å². The molecule has 1 nitrogen and oxygen atoms in total. The van der Waals surface area contributed by atoms with Crippen molar-refractivity contribution in [3.05, 3.63) is 0 Å². The largest absolute Gasteiger partial charge is 0.330 e. The lowest BCUT2D eigenvalue weighted by atomic mass is 9.69. The van der Waals surface area contributed by atoms with Crippen LogP contribution in [0.2, 0.25) is 0 Å². The maximum absolute atomic E-state index is 5.80. The van der Waals surface area contributed by atoms with Gasteiger partial charge in [-0.2, -0.15) is 0 Å².